The molecule has 0 aliphatic heterocycles. The van der Waals surface area contributed by atoms with Crippen LogP contribution in [-0.2, 0) is 24.3 Å². The monoisotopic (exact) mass is 459 g/mol. The molecule has 2 aromatic rings. The van der Waals surface area contributed by atoms with Gasteiger partial charge in [0, 0.05) is 12.1 Å². The van der Waals surface area contributed by atoms with Crippen LogP contribution in [0.25, 0.3) is 0 Å². The molecule has 0 saturated heterocycles. The molecular weight excluding hydrogens is 445 g/mol. The summed E-state index contributed by atoms with van der Waals surface area (Å²) in [4.78, 5) is 33.7. The molecule has 0 aliphatic carbocycles. The van der Waals surface area contributed by atoms with E-state index in [-0.39, 0.29) is 21.3 Å². The largest absolute Gasteiger partial charge is 0.452 e. The van der Waals surface area contributed by atoms with E-state index >= 15 is 0 Å². The zero-order chi connectivity index (χ0) is 22.5. The second-order valence-corrected chi connectivity index (χ2v) is 8.00. The van der Waals surface area contributed by atoms with E-state index in [2.05, 4.69) is 5.32 Å². The number of nitrogens with zero attached hydrogens (tertiary/aromatic N) is 1. The summed E-state index contributed by atoms with van der Waals surface area (Å²) in [7, 11) is -4.08. The molecule has 160 valence electrons. The number of esters is 1. The minimum absolute atomic E-state index is 0.0622. The Kier molecular flexibility index (Phi) is 7.43. The molecule has 0 aliphatic rings. The van der Waals surface area contributed by atoms with Crippen molar-refractivity contribution in [1.29, 1.82) is 0 Å². The maximum atomic E-state index is 12.9. The average molecular weight is 460 g/mol. The molecular formula is C17H15ClFN3O7S. The summed E-state index contributed by atoms with van der Waals surface area (Å²) in [6, 6.07) is 7.31. The van der Waals surface area contributed by atoms with Gasteiger partial charge >= 0.3 is 5.97 Å². The van der Waals surface area contributed by atoms with Crippen LogP contribution in [0, 0.1) is 15.9 Å². The number of amides is 1. The minimum Gasteiger partial charge on any atom is -0.452 e. The van der Waals surface area contributed by atoms with E-state index in [0.717, 1.165) is 36.4 Å². The van der Waals surface area contributed by atoms with Crippen LogP contribution in [-0.4, -0.2) is 37.9 Å². The van der Waals surface area contributed by atoms with Crippen LogP contribution in [0.1, 0.15) is 6.92 Å². The number of hydrogen-bond acceptors (Lipinski definition) is 7. The van der Waals surface area contributed by atoms with Gasteiger partial charge in [0.05, 0.1) is 20.5 Å². The van der Waals surface area contributed by atoms with Gasteiger partial charge in [0.15, 0.2) is 6.10 Å². The zero-order valence-electron chi connectivity index (χ0n) is 15.3. The van der Waals surface area contributed by atoms with Crippen LogP contribution < -0.4 is 10.0 Å². The lowest BCUT2D eigenvalue weighted by Gasteiger charge is -2.14. The molecule has 0 aromatic heterocycles. The van der Waals surface area contributed by atoms with Gasteiger partial charge in [0.25, 0.3) is 11.6 Å². The van der Waals surface area contributed by atoms with E-state index in [1.165, 1.54) is 13.0 Å². The summed E-state index contributed by atoms with van der Waals surface area (Å²) in [5.41, 5.74) is -0.210. The fraction of sp³-hybridized carbons (Fsp3) is 0.176. The lowest BCUT2D eigenvalue weighted by molar-refractivity contribution is -0.384. The molecule has 0 fully saturated rings. The Morgan fingerprint density at radius 2 is 1.87 bits per heavy atom. The maximum absolute atomic E-state index is 12.9. The van der Waals surface area contributed by atoms with Gasteiger partial charge in [-0.25, -0.2) is 12.8 Å². The number of non-ortho nitro benzene ring substituents is 1. The number of nitro groups is 1. The van der Waals surface area contributed by atoms with Crippen molar-refractivity contribution in [3.8, 4) is 0 Å². The van der Waals surface area contributed by atoms with Crippen molar-refractivity contribution in [3.05, 3.63) is 63.4 Å². The van der Waals surface area contributed by atoms with Crippen molar-refractivity contribution in [1.82, 2.24) is 4.72 Å². The number of nitrogens with one attached hydrogen (secondary N) is 2. The molecule has 1 atom stereocenters. The number of halogens is 2. The number of sulfonamides is 1. The third kappa shape index (κ3) is 6.20. The first kappa shape index (κ1) is 23.2. The van der Waals surface area contributed by atoms with E-state index in [9.17, 15) is 32.5 Å². The first-order valence-corrected chi connectivity index (χ1v) is 10.1. The Bertz CT molecular complexity index is 1080. The summed E-state index contributed by atoms with van der Waals surface area (Å²) in [5, 5.41) is 12.9. The normalized spacial score (nSPS) is 12.1. The van der Waals surface area contributed by atoms with Crippen molar-refractivity contribution in [2.45, 2.75) is 17.9 Å². The van der Waals surface area contributed by atoms with Gasteiger partial charge in [0.1, 0.15) is 12.4 Å². The smallest absolute Gasteiger partial charge is 0.321 e. The average Bonchev–Trinajstić information content (AvgIpc) is 2.68. The number of carbonyl (C=O) groups is 2. The third-order valence-corrected chi connectivity index (χ3v) is 5.36. The van der Waals surface area contributed by atoms with Gasteiger partial charge in [-0.3, -0.25) is 19.7 Å². The number of carbonyl (C=O) groups excluding carboxylic acids is 2. The molecule has 1 amide bonds. The molecule has 10 nitrogen and oxygen atoms in total. The number of benzene rings is 2. The van der Waals surface area contributed by atoms with E-state index in [1.54, 1.807) is 0 Å². The highest BCUT2D eigenvalue weighted by Gasteiger charge is 2.22. The zero-order valence-corrected chi connectivity index (χ0v) is 16.9. The van der Waals surface area contributed by atoms with Crippen molar-refractivity contribution < 1.29 is 32.1 Å². The highest BCUT2D eigenvalue weighted by molar-refractivity contribution is 7.89. The molecule has 0 unspecified atom stereocenters. The number of rotatable bonds is 8. The third-order valence-electron chi connectivity index (χ3n) is 3.63. The first-order valence-electron chi connectivity index (χ1n) is 8.19. The van der Waals surface area contributed by atoms with E-state index in [4.69, 9.17) is 16.3 Å². The van der Waals surface area contributed by atoms with Gasteiger partial charge in [-0.1, -0.05) is 11.6 Å². The fourth-order valence-corrected chi connectivity index (χ4v) is 3.29. The van der Waals surface area contributed by atoms with Gasteiger partial charge in [0.2, 0.25) is 10.0 Å². The standard InChI is InChI=1S/C17H15ClFN3O7S/c1-10(17(24)21-15-7-4-12(22(25)26)8-14(15)18)29-16(23)9-20-30(27,28)13-5-2-11(19)3-6-13/h2-8,10,20H,9H2,1H3,(H,21,24)/t10-/m1/s1. The molecule has 2 aromatic carbocycles. The van der Waals surface area contributed by atoms with Crippen molar-refractivity contribution in [2.75, 3.05) is 11.9 Å². The molecule has 0 heterocycles. The Morgan fingerprint density at radius 1 is 1.23 bits per heavy atom. The van der Waals surface area contributed by atoms with Crippen LogP contribution in [0.15, 0.2) is 47.4 Å². The summed E-state index contributed by atoms with van der Waals surface area (Å²) in [5.74, 6) is -2.46. The Morgan fingerprint density at radius 3 is 2.43 bits per heavy atom. The lowest BCUT2D eigenvalue weighted by atomic mass is 10.2. The van der Waals surface area contributed by atoms with E-state index in [0.29, 0.717) is 0 Å². The topological polar surface area (TPSA) is 145 Å². The summed E-state index contributed by atoms with van der Waals surface area (Å²) in [6.45, 7) is 0.469. The van der Waals surface area contributed by atoms with Crippen molar-refractivity contribution >= 4 is 44.9 Å². The lowest BCUT2D eigenvalue weighted by Crippen LogP contribution is -2.35. The van der Waals surface area contributed by atoms with Crippen LogP contribution in [0.4, 0.5) is 15.8 Å². The second-order valence-electron chi connectivity index (χ2n) is 5.82. The van der Waals surface area contributed by atoms with E-state index < -0.39 is 45.3 Å². The number of nitro benzene ring substituents is 1. The molecule has 2 N–H and O–H groups in total. The van der Waals surface area contributed by atoms with Gasteiger partial charge < -0.3 is 10.1 Å². The Balaban J connectivity index is 1.91. The summed E-state index contributed by atoms with van der Waals surface area (Å²) in [6.07, 6.45) is -1.32. The molecule has 13 heteroatoms. The molecule has 0 radical (unpaired) electrons. The van der Waals surface area contributed by atoms with Gasteiger partial charge in [-0.15, -0.1) is 0 Å². The van der Waals surface area contributed by atoms with Crippen LogP contribution in [0.3, 0.4) is 0 Å². The van der Waals surface area contributed by atoms with Crippen molar-refractivity contribution in [3.63, 3.8) is 0 Å². The predicted octanol–water partition coefficient (Wildman–Crippen LogP) is 2.24. The summed E-state index contributed by atoms with van der Waals surface area (Å²) < 4.78 is 43.8. The van der Waals surface area contributed by atoms with Crippen LogP contribution in [0.2, 0.25) is 5.02 Å². The summed E-state index contributed by atoms with van der Waals surface area (Å²) >= 11 is 5.87. The molecule has 2 rings (SSSR count). The van der Waals surface area contributed by atoms with Crippen LogP contribution in [0.5, 0.6) is 0 Å². The fourth-order valence-electron chi connectivity index (χ4n) is 2.10. The van der Waals surface area contributed by atoms with Gasteiger partial charge in [-0.2, -0.15) is 4.72 Å². The predicted molar refractivity (Wildman–Crippen MR) is 104 cm³/mol. The highest BCUT2D eigenvalue weighted by Crippen LogP contribution is 2.26. The quantitative estimate of drug-likeness (QED) is 0.349. The molecule has 30 heavy (non-hydrogen) atoms. The van der Waals surface area contributed by atoms with E-state index in [1.807, 2.05) is 4.72 Å². The maximum Gasteiger partial charge on any atom is 0.321 e. The van der Waals surface area contributed by atoms with Gasteiger partial charge in [-0.05, 0) is 37.3 Å². The second kappa shape index (κ2) is 9.61. The Hall–Kier alpha value is -3.09. The molecule has 0 saturated carbocycles. The number of hydrogen-bond donors (Lipinski definition) is 2. The molecule has 0 bridgehead atoms. The SMILES string of the molecule is C[C@@H](OC(=O)CNS(=O)(=O)c1ccc(F)cc1)C(=O)Nc1ccc([N+](=O)[O-])cc1Cl. The number of anilines is 1. The number of ether oxygens (including phenoxy) is 1. The highest BCUT2D eigenvalue weighted by atomic mass is 35.5. The Labute approximate surface area is 175 Å². The first-order chi connectivity index (χ1) is 14.0. The molecule has 0 spiro atoms. The minimum atomic E-state index is -4.08. The van der Waals surface area contributed by atoms with Crippen LogP contribution >= 0.6 is 11.6 Å². The van der Waals surface area contributed by atoms with Crippen molar-refractivity contribution in [2.24, 2.45) is 0 Å².